The predicted octanol–water partition coefficient (Wildman–Crippen LogP) is 4.69. The maximum Gasteiger partial charge on any atom is 0.264 e. The van der Waals surface area contributed by atoms with Gasteiger partial charge in [-0.1, -0.05) is 68.7 Å². The molecule has 2 aromatic rings. The molecule has 0 radical (unpaired) electrons. The van der Waals surface area contributed by atoms with Crippen molar-refractivity contribution in [3.8, 4) is 11.1 Å². The molecule has 1 aliphatic carbocycles. The molecule has 1 saturated carbocycles. The minimum Gasteiger partial charge on any atom is -0.355 e. The first kappa shape index (κ1) is 31.7. The van der Waals surface area contributed by atoms with Gasteiger partial charge in [-0.15, -0.1) is 0 Å². The van der Waals surface area contributed by atoms with Crippen molar-refractivity contribution in [1.82, 2.24) is 14.9 Å². The molecule has 2 N–H and O–H groups in total. The van der Waals surface area contributed by atoms with Gasteiger partial charge >= 0.3 is 0 Å². The Labute approximate surface area is 243 Å². The SMILES string of the molecule is CCCC(=O)N(CCC(=O)NC[C@@H](S)C1CCCCC1)Cc1ccc(-c2ccccc2S(=O)(=O)NC(C)=O)cc1. The van der Waals surface area contributed by atoms with Gasteiger partial charge in [0.25, 0.3) is 10.0 Å². The van der Waals surface area contributed by atoms with Crippen LogP contribution >= 0.6 is 12.6 Å². The van der Waals surface area contributed by atoms with Crippen molar-refractivity contribution >= 4 is 40.4 Å². The second kappa shape index (κ2) is 15.2. The Morgan fingerprint density at radius 2 is 1.68 bits per heavy atom. The lowest BCUT2D eigenvalue weighted by molar-refractivity contribution is -0.132. The first-order valence-electron chi connectivity index (χ1n) is 14.0. The molecule has 1 fully saturated rings. The van der Waals surface area contributed by atoms with Crippen LogP contribution in [-0.4, -0.2) is 49.4 Å². The first-order chi connectivity index (χ1) is 19.1. The number of nitrogens with zero attached hydrogens (tertiary/aromatic N) is 1. The summed E-state index contributed by atoms with van der Waals surface area (Å²) in [5.41, 5.74) is 2.00. The minimum absolute atomic E-state index is 0.00986. The van der Waals surface area contributed by atoms with E-state index in [1.807, 2.05) is 23.8 Å². The zero-order valence-electron chi connectivity index (χ0n) is 23.4. The van der Waals surface area contributed by atoms with Crippen LogP contribution in [0.1, 0.15) is 70.8 Å². The van der Waals surface area contributed by atoms with E-state index in [0.29, 0.717) is 49.5 Å². The minimum atomic E-state index is -4.01. The van der Waals surface area contributed by atoms with Crippen molar-refractivity contribution in [2.24, 2.45) is 5.92 Å². The van der Waals surface area contributed by atoms with E-state index in [1.54, 1.807) is 35.2 Å². The predicted molar refractivity (Wildman–Crippen MR) is 160 cm³/mol. The highest BCUT2D eigenvalue weighted by Crippen LogP contribution is 2.29. The Kier molecular flexibility index (Phi) is 12.1. The fourth-order valence-corrected chi connectivity index (χ4v) is 6.70. The number of nitrogens with one attached hydrogen (secondary N) is 2. The van der Waals surface area contributed by atoms with Gasteiger partial charge in [-0.25, -0.2) is 13.1 Å². The molecule has 0 spiro atoms. The highest BCUT2D eigenvalue weighted by atomic mass is 32.2. The lowest BCUT2D eigenvalue weighted by Crippen LogP contribution is -2.37. The number of rotatable bonds is 13. The van der Waals surface area contributed by atoms with Gasteiger partial charge in [-0.3, -0.25) is 14.4 Å². The first-order valence-corrected chi connectivity index (χ1v) is 16.0. The molecule has 8 nitrogen and oxygen atoms in total. The van der Waals surface area contributed by atoms with E-state index in [4.69, 9.17) is 12.6 Å². The standard InChI is InChI=1S/C30H41N3O5S2/c1-3-9-30(36)33(19-18-29(35)31-20-27(39)25-10-5-4-6-11-25)21-23-14-16-24(17-15-23)26-12-7-8-13-28(26)40(37,38)32-22(2)34/h7-8,12-17,25,27,39H,3-6,9-11,18-21H2,1-2H3,(H,31,35)(H,32,34)/t27-/m1/s1. The molecule has 0 aliphatic heterocycles. The van der Waals surface area contributed by atoms with Crippen molar-refractivity contribution in [2.45, 2.75) is 81.9 Å². The van der Waals surface area contributed by atoms with Crippen molar-refractivity contribution < 1.29 is 22.8 Å². The molecule has 2 aromatic carbocycles. The third kappa shape index (κ3) is 9.37. The summed E-state index contributed by atoms with van der Waals surface area (Å²) in [5.74, 6) is -0.220. The number of thiol groups is 1. The van der Waals surface area contributed by atoms with E-state index in [9.17, 15) is 22.8 Å². The second-order valence-electron chi connectivity index (χ2n) is 10.4. The molecule has 10 heteroatoms. The number of carbonyl (C=O) groups is 3. The lowest BCUT2D eigenvalue weighted by Gasteiger charge is -2.27. The van der Waals surface area contributed by atoms with Crippen LogP contribution in [-0.2, 0) is 31.0 Å². The Balaban J connectivity index is 1.64. The molecular formula is C30H41N3O5S2. The van der Waals surface area contributed by atoms with Gasteiger partial charge in [0.2, 0.25) is 17.7 Å². The monoisotopic (exact) mass is 587 g/mol. The summed E-state index contributed by atoms with van der Waals surface area (Å²) in [6.45, 7) is 4.29. The van der Waals surface area contributed by atoms with E-state index < -0.39 is 15.9 Å². The van der Waals surface area contributed by atoms with Crippen LogP contribution in [0.2, 0.25) is 0 Å². The van der Waals surface area contributed by atoms with E-state index in [0.717, 1.165) is 12.5 Å². The molecule has 0 saturated heterocycles. The van der Waals surface area contributed by atoms with Gasteiger partial charge < -0.3 is 10.2 Å². The summed E-state index contributed by atoms with van der Waals surface area (Å²) >= 11 is 4.72. The van der Waals surface area contributed by atoms with Gasteiger partial charge in [-0.05, 0) is 42.4 Å². The molecule has 3 rings (SSSR count). The van der Waals surface area contributed by atoms with Crippen molar-refractivity contribution in [2.75, 3.05) is 13.1 Å². The molecule has 0 bridgehead atoms. The second-order valence-corrected chi connectivity index (χ2v) is 12.8. The molecule has 3 amide bonds. The number of carbonyl (C=O) groups excluding carboxylic acids is 3. The van der Waals surface area contributed by atoms with Gasteiger partial charge in [0.05, 0.1) is 4.90 Å². The van der Waals surface area contributed by atoms with Crippen LogP contribution in [0.4, 0.5) is 0 Å². The molecule has 0 aromatic heterocycles. The third-order valence-electron chi connectivity index (χ3n) is 7.22. The van der Waals surface area contributed by atoms with Crippen LogP contribution < -0.4 is 10.0 Å². The van der Waals surface area contributed by atoms with E-state index in [2.05, 4.69) is 5.32 Å². The summed E-state index contributed by atoms with van der Waals surface area (Å²) < 4.78 is 27.3. The fraction of sp³-hybridized carbons (Fsp3) is 0.500. The number of hydrogen-bond donors (Lipinski definition) is 3. The number of benzene rings is 2. The average molecular weight is 588 g/mol. The molecule has 0 heterocycles. The lowest BCUT2D eigenvalue weighted by atomic mass is 9.86. The van der Waals surface area contributed by atoms with Crippen molar-refractivity contribution in [3.05, 3.63) is 54.1 Å². The van der Waals surface area contributed by atoms with Gasteiger partial charge in [0.1, 0.15) is 0 Å². The summed E-state index contributed by atoms with van der Waals surface area (Å²) in [4.78, 5) is 38.6. The van der Waals surface area contributed by atoms with E-state index >= 15 is 0 Å². The normalized spacial score (nSPS) is 14.8. The van der Waals surface area contributed by atoms with E-state index in [1.165, 1.54) is 38.2 Å². The zero-order chi connectivity index (χ0) is 29.1. The Hall–Kier alpha value is -2.85. The van der Waals surface area contributed by atoms with Crippen LogP contribution in [0.15, 0.2) is 53.4 Å². The highest BCUT2D eigenvalue weighted by Gasteiger charge is 2.22. The van der Waals surface area contributed by atoms with Crippen LogP contribution in [0.25, 0.3) is 11.1 Å². The number of amides is 3. The zero-order valence-corrected chi connectivity index (χ0v) is 25.1. The molecule has 0 unspecified atom stereocenters. The van der Waals surface area contributed by atoms with Gasteiger partial charge in [0.15, 0.2) is 0 Å². The summed E-state index contributed by atoms with van der Waals surface area (Å²) in [5, 5.41) is 3.15. The van der Waals surface area contributed by atoms with Gasteiger partial charge in [-0.2, -0.15) is 12.6 Å². The Morgan fingerprint density at radius 3 is 2.33 bits per heavy atom. The third-order valence-corrected chi connectivity index (χ3v) is 9.32. The summed E-state index contributed by atoms with van der Waals surface area (Å²) in [7, 11) is -4.01. The summed E-state index contributed by atoms with van der Waals surface area (Å²) in [6, 6.07) is 13.8. The fourth-order valence-electron chi connectivity index (χ4n) is 5.09. The van der Waals surface area contributed by atoms with Crippen molar-refractivity contribution in [3.63, 3.8) is 0 Å². The Morgan fingerprint density at radius 1 is 1.00 bits per heavy atom. The average Bonchev–Trinajstić information content (AvgIpc) is 2.94. The quantitative estimate of drug-likeness (QED) is 0.294. The molecule has 1 atom stereocenters. The van der Waals surface area contributed by atoms with Gasteiger partial charge in [0, 0.05) is 50.2 Å². The van der Waals surface area contributed by atoms with Crippen LogP contribution in [0.5, 0.6) is 0 Å². The highest BCUT2D eigenvalue weighted by molar-refractivity contribution is 7.90. The maximum absolute atomic E-state index is 12.8. The molecule has 218 valence electrons. The topological polar surface area (TPSA) is 113 Å². The summed E-state index contributed by atoms with van der Waals surface area (Å²) in [6.07, 6.45) is 7.39. The smallest absolute Gasteiger partial charge is 0.264 e. The molecule has 1 aliphatic rings. The molecule has 40 heavy (non-hydrogen) atoms. The number of hydrogen-bond acceptors (Lipinski definition) is 6. The largest absolute Gasteiger partial charge is 0.355 e. The van der Waals surface area contributed by atoms with E-state index in [-0.39, 0.29) is 28.4 Å². The van der Waals surface area contributed by atoms with Crippen LogP contribution in [0, 0.1) is 5.92 Å². The Bertz CT molecular complexity index is 1260. The molecular weight excluding hydrogens is 546 g/mol. The number of sulfonamides is 1. The van der Waals surface area contributed by atoms with Crippen molar-refractivity contribution in [1.29, 1.82) is 0 Å². The maximum atomic E-state index is 12.8. The van der Waals surface area contributed by atoms with Crippen LogP contribution in [0.3, 0.4) is 0 Å².